The van der Waals surface area contributed by atoms with Crippen LogP contribution in [0.25, 0.3) is 17.1 Å². The fourth-order valence-corrected chi connectivity index (χ4v) is 4.41. The summed E-state index contributed by atoms with van der Waals surface area (Å²) in [6.45, 7) is 3.57. The number of benzene rings is 1. The molecule has 5 rings (SSSR count). The first-order valence-electron chi connectivity index (χ1n) is 12.8. The molecule has 3 heterocycles. The summed E-state index contributed by atoms with van der Waals surface area (Å²) >= 11 is 0. The predicted molar refractivity (Wildman–Crippen MR) is 150 cm³/mol. The molecule has 206 valence electrons. The second-order valence-electron chi connectivity index (χ2n) is 9.62. The number of anilines is 1. The van der Waals surface area contributed by atoms with Crippen molar-refractivity contribution in [2.45, 2.75) is 26.7 Å². The summed E-state index contributed by atoms with van der Waals surface area (Å²) in [4.78, 5) is 35.2. The zero-order valence-electron chi connectivity index (χ0n) is 22.9. The molecule has 0 radical (unpaired) electrons. The minimum Gasteiger partial charge on any atom is -0.491 e. The van der Waals surface area contributed by atoms with Crippen LogP contribution in [0.2, 0.25) is 0 Å². The predicted octanol–water partition coefficient (Wildman–Crippen LogP) is 5.57. The van der Waals surface area contributed by atoms with E-state index in [-0.39, 0.29) is 34.1 Å². The number of rotatable bonds is 8. The maximum atomic E-state index is 15.1. The van der Waals surface area contributed by atoms with E-state index >= 15 is 4.39 Å². The number of nitrogens with one attached hydrogen (secondary N) is 1. The molecule has 1 fully saturated rings. The molecule has 0 aliphatic heterocycles. The van der Waals surface area contributed by atoms with Gasteiger partial charge in [-0.15, -0.1) is 0 Å². The van der Waals surface area contributed by atoms with Crippen molar-refractivity contribution in [2.75, 3.05) is 19.5 Å². The first kappa shape index (κ1) is 26.9. The molecular formula is C30H29FN4O5. The number of nitrogens with zero attached hydrogens (tertiary/aromatic N) is 3. The summed E-state index contributed by atoms with van der Waals surface area (Å²) in [5.74, 6) is -0.0467. The lowest BCUT2D eigenvalue weighted by atomic mass is 10.0. The Labute approximate surface area is 230 Å². The first-order chi connectivity index (χ1) is 19.2. The molecular weight excluding hydrogens is 515 g/mol. The van der Waals surface area contributed by atoms with Gasteiger partial charge in [0.15, 0.2) is 23.1 Å². The van der Waals surface area contributed by atoms with E-state index in [1.807, 2.05) is 24.6 Å². The van der Waals surface area contributed by atoms with E-state index in [0.29, 0.717) is 34.0 Å². The lowest BCUT2D eigenvalue weighted by molar-refractivity contribution is 0.102. The number of hydrogen-bond acceptors (Lipinski definition) is 7. The number of ether oxygens (including phenoxy) is 3. The molecule has 1 aliphatic carbocycles. The molecule has 10 heteroatoms. The molecule has 4 aromatic rings. The molecule has 9 nitrogen and oxygen atoms in total. The molecule has 0 bridgehead atoms. The Kier molecular flexibility index (Phi) is 7.25. The van der Waals surface area contributed by atoms with Crippen molar-refractivity contribution < 1.29 is 23.4 Å². The molecule has 40 heavy (non-hydrogen) atoms. The van der Waals surface area contributed by atoms with Crippen molar-refractivity contribution in [2.24, 2.45) is 13.0 Å². The van der Waals surface area contributed by atoms with Gasteiger partial charge in [0.1, 0.15) is 11.1 Å². The highest BCUT2D eigenvalue weighted by molar-refractivity contribution is 6.05. The second-order valence-corrected chi connectivity index (χ2v) is 9.62. The summed E-state index contributed by atoms with van der Waals surface area (Å²) < 4.78 is 33.3. The van der Waals surface area contributed by atoms with Crippen LogP contribution in [-0.2, 0) is 7.05 Å². The van der Waals surface area contributed by atoms with Gasteiger partial charge in [0, 0.05) is 54.1 Å². The van der Waals surface area contributed by atoms with Gasteiger partial charge in [0.05, 0.1) is 19.7 Å². The number of carbonyl (C=O) groups excluding carboxylic acids is 1. The third-order valence-corrected chi connectivity index (χ3v) is 7.04. The van der Waals surface area contributed by atoms with Crippen molar-refractivity contribution in [3.63, 3.8) is 0 Å². The third-order valence-electron chi connectivity index (χ3n) is 7.04. The Morgan fingerprint density at radius 3 is 2.52 bits per heavy atom. The number of allylic oxidation sites excluding steroid dienone is 1. The Hall–Kier alpha value is -4.73. The highest BCUT2D eigenvalue weighted by Gasteiger charge is 2.22. The molecule has 1 saturated carbocycles. The summed E-state index contributed by atoms with van der Waals surface area (Å²) in [6.07, 6.45) is 7.55. The smallest absolute Gasteiger partial charge is 0.261 e. The van der Waals surface area contributed by atoms with Gasteiger partial charge in [0.25, 0.3) is 11.8 Å². The molecule has 1 aliphatic rings. The van der Waals surface area contributed by atoms with Gasteiger partial charge < -0.3 is 24.1 Å². The van der Waals surface area contributed by atoms with Gasteiger partial charge in [-0.1, -0.05) is 12.2 Å². The number of hydrogen-bond donors (Lipinski definition) is 1. The van der Waals surface area contributed by atoms with E-state index < -0.39 is 11.7 Å². The fraction of sp³-hybridized carbons (Fsp3) is 0.267. The van der Waals surface area contributed by atoms with E-state index in [9.17, 15) is 9.59 Å². The van der Waals surface area contributed by atoms with E-state index in [1.54, 1.807) is 25.1 Å². The van der Waals surface area contributed by atoms with E-state index in [4.69, 9.17) is 14.2 Å². The number of aromatic nitrogens is 3. The van der Waals surface area contributed by atoms with Crippen molar-refractivity contribution in [1.82, 2.24) is 14.5 Å². The lowest BCUT2D eigenvalue weighted by Gasteiger charge is -2.16. The molecule has 3 aromatic heterocycles. The van der Waals surface area contributed by atoms with Gasteiger partial charge in [-0.05, 0) is 44.7 Å². The zero-order chi connectivity index (χ0) is 28.6. The van der Waals surface area contributed by atoms with Gasteiger partial charge in [0.2, 0.25) is 5.43 Å². The van der Waals surface area contributed by atoms with Crippen LogP contribution in [0.5, 0.6) is 23.1 Å². The number of halogens is 1. The van der Waals surface area contributed by atoms with Crippen molar-refractivity contribution >= 4 is 28.7 Å². The molecule has 1 amide bonds. The molecule has 0 atom stereocenters. The van der Waals surface area contributed by atoms with Crippen LogP contribution in [0.15, 0.2) is 47.4 Å². The van der Waals surface area contributed by atoms with Crippen LogP contribution in [0.1, 0.15) is 40.2 Å². The summed E-state index contributed by atoms with van der Waals surface area (Å²) in [7, 11) is 4.76. The molecule has 0 saturated heterocycles. The number of fused-ring (bicyclic) bond motifs is 1. The summed E-state index contributed by atoms with van der Waals surface area (Å²) in [5.41, 5.74) is 2.44. The topological polar surface area (TPSA) is 105 Å². The lowest BCUT2D eigenvalue weighted by Crippen LogP contribution is -2.28. The van der Waals surface area contributed by atoms with Crippen LogP contribution in [0.3, 0.4) is 0 Å². The van der Waals surface area contributed by atoms with E-state index in [0.717, 1.165) is 24.6 Å². The maximum absolute atomic E-state index is 15.1. The average Bonchev–Trinajstić information content (AvgIpc) is 3.77. The highest BCUT2D eigenvalue weighted by Crippen LogP contribution is 2.35. The average molecular weight is 545 g/mol. The minimum atomic E-state index is -0.718. The Balaban J connectivity index is 1.41. The molecule has 0 unspecified atom stereocenters. The second kappa shape index (κ2) is 10.8. The monoisotopic (exact) mass is 544 g/mol. The number of methoxy groups -OCH3 is 2. The zero-order valence-corrected chi connectivity index (χ0v) is 22.9. The van der Waals surface area contributed by atoms with Gasteiger partial charge in [-0.2, -0.15) is 0 Å². The van der Waals surface area contributed by atoms with Crippen molar-refractivity contribution in [3.8, 4) is 23.1 Å². The van der Waals surface area contributed by atoms with Crippen LogP contribution < -0.4 is 25.0 Å². The largest absolute Gasteiger partial charge is 0.491 e. The Morgan fingerprint density at radius 1 is 1.07 bits per heavy atom. The number of amides is 1. The minimum absolute atomic E-state index is 0.0167. The van der Waals surface area contributed by atoms with Crippen LogP contribution in [0, 0.1) is 25.6 Å². The maximum Gasteiger partial charge on any atom is 0.261 e. The summed E-state index contributed by atoms with van der Waals surface area (Å²) in [6, 6.07) is 7.23. The van der Waals surface area contributed by atoms with Crippen LogP contribution in [0.4, 0.5) is 10.1 Å². The molecule has 0 spiro atoms. The third kappa shape index (κ3) is 5.12. The normalized spacial score (nSPS) is 13.1. The van der Waals surface area contributed by atoms with Gasteiger partial charge >= 0.3 is 0 Å². The van der Waals surface area contributed by atoms with E-state index in [1.165, 1.54) is 32.5 Å². The SMILES string of the molecule is COc1cc2nccc(Oc3ccc(NC(=O)c4c(C)n(C)c(C)c(/C=C/C5CC5)c4=O)cc3F)c2nc1OC. The molecule has 1 aromatic carbocycles. The molecule has 1 N–H and O–H groups in total. The standard InChI is InChI=1S/C30H29FN4O5/c1-16-20(10-8-18-6-7-18)28(36)26(17(2)35(16)3)29(37)33-19-9-11-23(21(31)14-19)40-24-12-13-32-22-15-25(38-4)30(39-5)34-27(22)24/h8-15,18H,6-7H2,1-5H3,(H,33,37)/b10-8+. The van der Waals surface area contributed by atoms with Crippen LogP contribution in [-0.4, -0.2) is 34.7 Å². The van der Waals surface area contributed by atoms with Gasteiger partial charge in [-0.25, -0.2) is 9.37 Å². The van der Waals surface area contributed by atoms with Crippen LogP contribution >= 0.6 is 0 Å². The number of carbonyl (C=O) groups is 1. The quantitative estimate of drug-likeness (QED) is 0.309. The Bertz CT molecular complexity index is 1730. The summed E-state index contributed by atoms with van der Waals surface area (Å²) in [5, 5.41) is 2.66. The Morgan fingerprint density at radius 2 is 1.85 bits per heavy atom. The van der Waals surface area contributed by atoms with E-state index in [2.05, 4.69) is 15.3 Å². The van der Waals surface area contributed by atoms with Gasteiger partial charge in [-0.3, -0.25) is 14.6 Å². The van der Waals surface area contributed by atoms with Crippen molar-refractivity contribution in [3.05, 3.63) is 81.2 Å². The first-order valence-corrected chi connectivity index (χ1v) is 12.8. The highest BCUT2D eigenvalue weighted by atomic mass is 19.1. The van der Waals surface area contributed by atoms with Crippen molar-refractivity contribution in [1.29, 1.82) is 0 Å². The number of pyridine rings is 3. The fourth-order valence-electron chi connectivity index (χ4n) is 4.41.